The normalized spacial score (nSPS) is 20.5. The molecule has 1 N–H and O–H groups in total. The van der Waals surface area contributed by atoms with Gasteiger partial charge in [-0.25, -0.2) is 4.68 Å². The van der Waals surface area contributed by atoms with Gasteiger partial charge in [0.2, 0.25) is 0 Å². The van der Waals surface area contributed by atoms with Crippen molar-refractivity contribution >= 4 is 17.4 Å². The van der Waals surface area contributed by atoms with Gasteiger partial charge in [0.05, 0.1) is 48.0 Å². The Morgan fingerprint density at radius 3 is 2.54 bits per heavy atom. The van der Waals surface area contributed by atoms with Crippen LogP contribution in [0.4, 0.5) is 0 Å². The molecule has 180 valence electrons. The van der Waals surface area contributed by atoms with Gasteiger partial charge < -0.3 is 14.7 Å². The summed E-state index contributed by atoms with van der Waals surface area (Å²) in [6.45, 7) is 5.63. The number of para-hydroxylation sites is 1. The highest BCUT2D eigenvalue weighted by molar-refractivity contribution is 6.46. The van der Waals surface area contributed by atoms with E-state index in [0.717, 1.165) is 18.8 Å². The molecule has 0 unspecified atom stereocenters. The number of carbonyl (C=O) groups excluding carboxylic acids is 2. The minimum atomic E-state index is -0.732. The van der Waals surface area contributed by atoms with Crippen LogP contribution in [0.25, 0.3) is 11.4 Å². The number of nitrogens with zero attached hydrogens (tertiary/aromatic N) is 5. The van der Waals surface area contributed by atoms with E-state index in [-0.39, 0.29) is 11.3 Å². The number of aliphatic hydroxyl groups excluding tert-OH is 1. The van der Waals surface area contributed by atoms with Crippen LogP contribution in [0, 0.1) is 6.92 Å². The second-order valence-electron chi connectivity index (χ2n) is 8.62. The SMILES string of the molecule is Cc1c(C(O)=C2C(=O)C(=O)N(CCN3CCOCC3)[C@H]2c2cccnc2)cnn1-c1ccccc1. The van der Waals surface area contributed by atoms with Crippen molar-refractivity contribution in [1.29, 1.82) is 0 Å². The molecule has 2 fully saturated rings. The summed E-state index contributed by atoms with van der Waals surface area (Å²) in [5.74, 6) is -1.56. The highest BCUT2D eigenvalue weighted by Gasteiger charge is 2.46. The van der Waals surface area contributed by atoms with E-state index >= 15 is 0 Å². The topological polar surface area (TPSA) is 101 Å². The lowest BCUT2D eigenvalue weighted by molar-refractivity contribution is -0.140. The first-order chi connectivity index (χ1) is 17.1. The second kappa shape index (κ2) is 9.81. The highest BCUT2D eigenvalue weighted by Crippen LogP contribution is 2.39. The third-order valence-electron chi connectivity index (χ3n) is 6.57. The van der Waals surface area contributed by atoms with Gasteiger partial charge in [-0.3, -0.25) is 19.5 Å². The lowest BCUT2D eigenvalue weighted by atomic mass is 9.96. The summed E-state index contributed by atoms with van der Waals surface area (Å²) in [6, 6.07) is 12.4. The summed E-state index contributed by atoms with van der Waals surface area (Å²) in [5, 5.41) is 15.8. The molecule has 9 heteroatoms. The van der Waals surface area contributed by atoms with Gasteiger partial charge in [-0.1, -0.05) is 24.3 Å². The molecule has 4 heterocycles. The standard InChI is InChI=1S/C26H27N5O4/c1-18-21(17-28-31(18)20-7-3-2-4-8-20)24(32)22-23(19-6-5-9-27-16-19)30(26(34)25(22)33)11-10-29-12-14-35-15-13-29/h2-9,16-17,23,32H,10-15H2,1H3/t23-/m0/s1. The Labute approximate surface area is 203 Å². The molecule has 2 aliphatic heterocycles. The van der Waals surface area contributed by atoms with Crippen molar-refractivity contribution in [3.8, 4) is 5.69 Å². The molecule has 0 bridgehead atoms. The smallest absolute Gasteiger partial charge is 0.295 e. The molecule has 1 amide bonds. The third kappa shape index (κ3) is 4.36. The van der Waals surface area contributed by atoms with Crippen LogP contribution in [0.15, 0.2) is 66.6 Å². The summed E-state index contributed by atoms with van der Waals surface area (Å²) in [4.78, 5) is 34.4. The van der Waals surface area contributed by atoms with Crippen LogP contribution in [0.1, 0.15) is 22.9 Å². The highest BCUT2D eigenvalue weighted by atomic mass is 16.5. The maximum atomic E-state index is 13.3. The Balaban J connectivity index is 1.54. The molecule has 2 aliphatic rings. The van der Waals surface area contributed by atoms with Gasteiger partial charge >= 0.3 is 0 Å². The second-order valence-corrected chi connectivity index (χ2v) is 8.62. The van der Waals surface area contributed by atoms with Gasteiger partial charge in [-0.05, 0) is 30.7 Å². The number of carbonyl (C=O) groups is 2. The molecule has 0 aliphatic carbocycles. The van der Waals surface area contributed by atoms with Crippen LogP contribution in [0.5, 0.6) is 0 Å². The molecule has 1 atom stereocenters. The van der Waals surface area contributed by atoms with Crippen LogP contribution < -0.4 is 0 Å². The Hall–Kier alpha value is -3.82. The largest absolute Gasteiger partial charge is 0.507 e. The van der Waals surface area contributed by atoms with Gasteiger partial charge in [0, 0.05) is 38.6 Å². The molecule has 2 saturated heterocycles. The predicted octanol–water partition coefficient (Wildman–Crippen LogP) is 2.33. The number of ether oxygens (including phenoxy) is 1. The van der Waals surface area contributed by atoms with E-state index in [2.05, 4.69) is 15.0 Å². The van der Waals surface area contributed by atoms with E-state index in [1.54, 1.807) is 23.1 Å². The minimum absolute atomic E-state index is 0.0562. The summed E-state index contributed by atoms with van der Waals surface area (Å²) in [6.07, 6.45) is 4.79. The van der Waals surface area contributed by atoms with E-state index in [1.807, 2.05) is 43.3 Å². The molecule has 0 radical (unpaired) electrons. The molecule has 35 heavy (non-hydrogen) atoms. The van der Waals surface area contributed by atoms with E-state index in [0.29, 0.717) is 43.1 Å². The summed E-state index contributed by atoms with van der Waals surface area (Å²) in [7, 11) is 0. The van der Waals surface area contributed by atoms with E-state index in [1.165, 1.54) is 11.1 Å². The molecule has 2 aromatic heterocycles. The lowest BCUT2D eigenvalue weighted by Gasteiger charge is -2.30. The van der Waals surface area contributed by atoms with Crippen molar-refractivity contribution in [1.82, 2.24) is 24.6 Å². The van der Waals surface area contributed by atoms with Crippen LogP contribution in [0.3, 0.4) is 0 Å². The maximum Gasteiger partial charge on any atom is 0.295 e. The Morgan fingerprint density at radius 1 is 1.06 bits per heavy atom. The zero-order valence-corrected chi connectivity index (χ0v) is 19.5. The van der Waals surface area contributed by atoms with Crippen molar-refractivity contribution in [2.45, 2.75) is 13.0 Å². The molecule has 9 nitrogen and oxygen atoms in total. The van der Waals surface area contributed by atoms with Gasteiger partial charge in [-0.15, -0.1) is 0 Å². The van der Waals surface area contributed by atoms with Gasteiger partial charge in [0.1, 0.15) is 5.76 Å². The average Bonchev–Trinajstić information content (AvgIpc) is 3.41. The molecule has 3 aromatic rings. The molecule has 1 aromatic carbocycles. The number of likely N-dealkylation sites (tertiary alicyclic amines) is 1. The van der Waals surface area contributed by atoms with Crippen LogP contribution in [0.2, 0.25) is 0 Å². The first-order valence-electron chi connectivity index (χ1n) is 11.6. The number of Topliss-reactive ketones (excluding diaryl/α,β-unsaturated/α-hetero) is 1. The number of hydrogen-bond donors (Lipinski definition) is 1. The number of ketones is 1. The number of morpholine rings is 1. The minimum Gasteiger partial charge on any atom is -0.507 e. The number of amides is 1. The number of pyridine rings is 1. The summed E-state index contributed by atoms with van der Waals surface area (Å²) in [5.41, 5.74) is 2.63. The third-order valence-corrected chi connectivity index (χ3v) is 6.57. The van der Waals surface area contributed by atoms with Gasteiger partial charge in [-0.2, -0.15) is 5.10 Å². The van der Waals surface area contributed by atoms with Crippen LogP contribution in [-0.4, -0.2) is 80.8 Å². The Bertz CT molecular complexity index is 1250. The van der Waals surface area contributed by atoms with Crippen molar-refractivity contribution in [3.05, 3.63) is 83.4 Å². The first kappa shape index (κ1) is 22.9. The quantitative estimate of drug-likeness (QED) is 0.333. The fraction of sp³-hybridized carbons (Fsp3) is 0.308. The average molecular weight is 474 g/mol. The molecular weight excluding hydrogens is 446 g/mol. The fourth-order valence-corrected chi connectivity index (χ4v) is 4.69. The number of aromatic nitrogens is 3. The number of rotatable bonds is 6. The first-order valence-corrected chi connectivity index (χ1v) is 11.6. The number of hydrogen-bond acceptors (Lipinski definition) is 7. The van der Waals surface area contributed by atoms with E-state index in [4.69, 9.17) is 4.74 Å². The van der Waals surface area contributed by atoms with Crippen molar-refractivity contribution in [2.24, 2.45) is 0 Å². The summed E-state index contributed by atoms with van der Waals surface area (Å²) >= 11 is 0. The van der Waals surface area contributed by atoms with Crippen molar-refractivity contribution in [2.75, 3.05) is 39.4 Å². The summed E-state index contributed by atoms with van der Waals surface area (Å²) < 4.78 is 7.11. The molecule has 0 saturated carbocycles. The molecule has 0 spiro atoms. The van der Waals surface area contributed by atoms with Gasteiger partial charge in [0.25, 0.3) is 11.7 Å². The zero-order chi connectivity index (χ0) is 24.4. The monoisotopic (exact) mass is 473 g/mol. The zero-order valence-electron chi connectivity index (χ0n) is 19.5. The van der Waals surface area contributed by atoms with Crippen molar-refractivity contribution in [3.63, 3.8) is 0 Å². The Morgan fingerprint density at radius 2 is 1.83 bits per heavy atom. The van der Waals surface area contributed by atoms with E-state index < -0.39 is 17.7 Å². The molecule has 5 rings (SSSR count). The number of benzene rings is 1. The Kier molecular flexibility index (Phi) is 6.43. The van der Waals surface area contributed by atoms with Crippen molar-refractivity contribution < 1.29 is 19.4 Å². The number of aliphatic hydroxyl groups is 1. The fourth-order valence-electron chi connectivity index (χ4n) is 4.69. The van der Waals surface area contributed by atoms with E-state index in [9.17, 15) is 14.7 Å². The van der Waals surface area contributed by atoms with Crippen LogP contribution >= 0.6 is 0 Å². The maximum absolute atomic E-state index is 13.3. The predicted molar refractivity (Wildman–Crippen MR) is 129 cm³/mol. The van der Waals surface area contributed by atoms with Gasteiger partial charge in [0.15, 0.2) is 0 Å². The lowest BCUT2D eigenvalue weighted by Crippen LogP contribution is -2.42. The molecular formula is C26H27N5O4. The van der Waals surface area contributed by atoms with Crippen LogP contribution in [-0.2, 0) is 14.3 Å².